The second-order valence-corrected chi connectivity index (χ2v) is 9.75. The average Bonchev–Trinajstić information content (AvgIpc) is 2.81. The quantitative estimate of drug-likeness (QED) is 0.507. The predicted octanol–water partition coefficient (Wildman–Crippen LogP) is 5.53. The number of allylic oxidation sites excluding steroid dienone is 3. The minimum Gasteiger partial charge on any atom is -0.493 e. The van der Waals surface area contributed by atoms with Gasteiger partial charge in [-0.15, -0.1) is 0 Å². The molecule has 0 bridgehead atoms. The Bertz CT molecular complexity index is 1210. The maximum Gasteiger partial charge on any atom is 0.162 e. The summed E-state index contributed by atoms with van der Waals surface area (Å²) in [4.78, 5) is 14.8. The summed E-state index contributed by atoms with van der Waals surface area (Å²) < 4.78 is 13.4. The van der Waals surface area contributed by atoms with E-state index in [-0.39, 0.29) is 5.78 Å². The van der Waals surface area contributed by atoms with Crippen molar-refractivity contribution in [1.82, 2.24) is 4.90 Å². The van der Waals surface area contributed by atoms with Crippen LogP contribution < -0.4 is 15.2 Å². The third-order valence-corrected chi connectivity index (χ3v) is 7.29. The van der Waals surface area contributed by atoms with Gasteiger partial charge in [-0.25, -0.2) is 0 Å². The van der Waals surface area contributed by atoms with Crippen molar-refractivity contribution in [2.24, 2.45) is 5.73 Å². The Kier molecular flexibility index (Phi) is 6.82. The third kappa shape index (κ3) is 4.40. The number of ketones is 1. The van der Waals surface area contributed by atoms with Gasteiger partial charge >= 0.3 is 0 Å². The molecule has 0 fully saturated rings. The lowest BCUT2D eigenvalue weighted by Crippen LogP contribution is -2.36. The number of rotatable bonds is 5. The highest BCUT2D eigenvalue weighted by Gasteiger charge is 2.39. The molecule has 0 spiro atoms. The molecule has 1 aliphatic carbocycles. The van der Waals surface area contributed by atoms with Crippen LogP contribution in [0.4, 0.5) is 0 Å². The van der Waals surface area contributed by atoms with E-state index in [1.807, 2.05) is 43.4 Å². The first-order valence-corrected chi connectivity index (χ1v) is 12.1. The van der Waals surface area contributed by atoms with Crippen molar-refractivity contribution in [3.63, 3.8) is 0 Å². The lowest BCUT2D eigenvalue weighted by Gasteiger charge is -2.38. The van der Waals surface area contributed by atoms with E-state index >= 15 is 0 Å². The zero-order valence-corrected chi connectivity index (χ0v) is 21.5. The summed E-state index contributed by atoms with van der Waals surface area (Å²) in [5.41, 5.74) is 9.99. The second kappa shape index (κ2) is 9.62. The molecule has 2 N–H and O–H groups in total. The van der Waals surface area contributed by atoms with Crippen LogP contribution in [-0.4, -0.2) is 24.8 Å². The highest BCUT2D eigenvalue weighted by Crippen LogP contribution is 2.48. The third-order valence-electron chi connectivity index (χ3n) is 6.07. The number of Topliss-reactive ketones (excluding diaryl/α,β-unsaturated/α-hetero) is 1. The minimum atomic E-state index is -0.558. The standard InChI is InChI=1S/C25H23Br2N3O3/c1-30-19-4-3-5-20(31)24(19)23(17(12-28)25(30)29)16-10-21(32-2)22(11-18(16)27)33-13-14-6-8-15(26)9-7-14/h6-11,23H,3-5,13,29H2,1-2H3/t23-/m1/s1. The van der Waals surface area contributed by atoms with Crippen LogP contribution in [0, 0.1) is 11.3 Å². The van der Waals surface area contributed by atoms with Crippen LogP contribution >= 0.6 is 31.9 Å². The Morgan fingerprint density at radius 1 is 1.18 bits per heavy atom. The van der Waals surface area contributed by atoms with Crippen molar-refractivity contribution < 1.29 is 14.3 Å². The van der Waals surface area contributed by atoms with Crippen LogP contribution in [-0.2, 0) is 11.4 Å². The molecule has 6 nitrogen and oxygen atoms in total. The van der Waals surface area contributed by atoms with Gasteiger partial charge in [-0.05, 0) is 48.2 Å². The number of ether oxygens (including phenoxy) is 2. The molecule has 1 atom stereocenters. The van der Waals surface area contributed by atoms with Crippen LogP contribution in [0.5, 0.6) is 11.5 Å². The number of benzene rings is 2. The number of hydrogen-bond acceptors (Lipinski definition) is 6. The number of methoxy groups -OCH3 is 1. The van der Waals surface area contributed by atoms with Crippen molar-refractivity contribution in [3.05, 3.63) is 79.1 Å². The Hall–Kier alpha value is -2.76. The number of carbonyl (C=O) groups excluding carboxylic acids is 1. The summed E-state index contributed by atoms with van der Waals surface area (Å²) in [7, 11) is 3.38. The van der Waals surface area contributed by atoms with Crippen LogP contribution in [0.3, 0.4) is 0 Å². The van der Waals surface area contributed by atoms with Gasteiger partial charge in [0.15, 0.2) is 17.3 Å². The second-order valence-electron chi connectivity index (χ2n) is 7.98. The van der Waals surface area contributed by atoms with Crippen molar-refractivity contribution in [1.29, 1.82) is 5.26 Å². The van der Waals surface area contributed by atoms with Gasteiger partial charge < -0.3 is 20.1 Å². The normalized spacial score (nSPS) is 18.2. The number of nitrogens with zero attached hydrogens (tertiary/aromatic N) is 2. The lowest BCUT2D eigenvalue weighted by molar-refractivity contribution is -0.116. The Morgan fingerprint density at radius 2 is 1.91 bits per heavy atom. The molecule has 2 aromatic carbocycles. The summed E-state index contributed by atoms with van der Waals surface area (Å²) >= 11 is 7.08. The molecule has 33 heavy (non-hydrogen) atoms. The predicted molar refractivity (Wildman–Crippen MR) is 132 cm³/mol. The van der Waals surface area contributed by atoms with E-state index in [0.717, 1.165) is 38.6 Å². The van der Waals surface area contributed by atoms with Gasteiger partial charge in [-0.3, -0.25) is 4.79 Å². The van der Waals surface area contributed by atoms with Gasteiger partial charge in [0.05, 0.1) is 24.7 Å². The summed E-state index contributed by atoms with van der Waals surface area (Å²) in [5, 5.41) is 9.97. The SMILES string of the molecule is COc1cc([C@@H]2C(C#N)=C(N)N(C)C3=C2C(=O)CCC3)c(Br)cc1OCc1ccc(Br)cc1. The molecule has 8 heteroatoms. The van der Waals surface area contributed by atoms with Gasteiger partial charge in [0.25, 0.3) is 0 Å². The number of hydrogen-bond donors (Lipinski definition) is 1. The number of halogens is 2. The van der Waals surface area contributed by atoms with Crippen LogP contribution in [0.25, 0.3) is 0 Å². The number of nitriles is 1. The van der Waals surface area contributed by atoms with Crippen molar-refractivity contribution >= 4 is 37.6 Å². The van der Waals surface area contributed by atoms with E-state index in [1.165, 1.54) is 0 Å². The van der Waals surface area contributed by atoms with Gasteiger partial charge in [0.1, 0.15) is 12.4 Å². The summed E-state index contributed by atoms with van der Waals surface area (Å²) in [6, 6.07) is 13.8. The molecule has 1 aliphatic heterocycles. The molecule has 170 valence electrons. The highest BCUT2D eigenvalue weighted by molar-refractivity contribution is 9.10. The molecule has 0 saturated carbocycles. The Balaban J connectivity index is 1.76. The first kappa shape index (κ1) is 23.4. The fourth-order valence-corrected chi connectivity index (χ4v) is 5.18. The fourth-order valence-electron chi connectivity index (χ4n) is 4.36. The smallest absolute Gasteiger partial charge is 0.162 e. The van der Waals surface area contributed by atoms with Crippen molar-refractivity contribution in [3.8, 4) is 17.6 Å². The van der Waals surface area contributed by atoms with E-state index in [9.17, 15) is 10.1 Å². The molecule has 0 unspecified atom stereocenters. The molecule has 1 heterocycles. The molecular weight excluding hydrogens is 550 g/mol. The summed E-state index contributed by atoms with van der Waals surface area (Å²) in [6.07, 6.45) is 1.98. The van der Waals surface area contributed by atoms with Crippen LogP contribution in [0.15, 0.2) is 68.0 Å². The maximum absolute atomic E-state index is 13.0. The zero-order chi connectivity index (χ0) is 23.7. The molecule has 4 rings (SSSR count). The van der Waals surface area contributed by atoms with Gasteiger partial charge in [-0.2, -0.15) is 5.26 Å². The largest absolute Gasteiger partial charge is 0.493 e. The molecule has 0 aromatic heterocycles. The molecule has 0 amide bonds. The summed E-state index contributed by atoms with van der Waals surface area (Å²) in [6.45, 7) is 0.369. The number of nitrogens with two attached hydrogens (primary N) is 1. The topological polar surface area (TPSA) is 88.6 Å². The van der Waals surface area contributed by atoms with Gasteiger partial charge in [0, 0.05) is 33.7 Å². The first-order chi connectivity index (χ1) is 15.8. The maximum atomic E-state index is 13.0. The van der Waals surface area contributed by atoms with Crippen molar-refractivity contribution in [2.45, 2.75) is 31.8 Å². The molecular formula is C25H23Br2N3O3. The molecule has 0 radical (unpaired) electrons. The van der Waals surface area contributed by atoms with Gasteiger partial charge in [-0.1, -0.05) is 44.0 Å². The highest BCUT2D eigenvalue weighted by atomic mass is 79.9. The minimum absolute atomic E-state index is 0.0507. The molecule has 0 saturated heterocycles. The van der Waals surface area contributed by atoms with Gasteiger partial charge in [0.2, 0.25) is 0 Å². The lowest BCUT2D eigenvalue weighted by atomic mass is 9.76. The monoisotopic (exact) mass is 571 g/mol. The molecule has 2 aliphatic rings. The van der Waals surface area contributed by atoms with E-state index in [4.69, 9.17) is 15.2 Å². The number of carbonyl (C=O) groups is 1. The van der Waals surface area contributed by atoms with Crippen molar-refractivity contribution in [2.75, 3.05) is 14.2 Å². The van der Waals surface area contributed by atoms with E-state index in [0.29, 0.717) is 41.5 Å². The fraction of sp³-hybridized carbons (Fsp3) is 0.280. The average molecular weight is 573 g/mol. The summed E-state index contributed by atoms with van der Waals surface area (Å²) in [5.74, 6) is 0.944. The zero-order valence-electron chi connectivity index (χ0n) is 18.3. The van der Waals surface area contributed by atoms with Crippen LogP contribution in [0.1, 0.15) is 36.3 Å². The van der Waals surface area contributed by atoms with E-state index in [1.54, 1.807) is 12.0 Å². The first-order valence-electron chi connectivity index (χ1n) is 10.5. The van der Waals surface area contributed by atoms with E-state index in [2.05, 4.69) is 37.9 Å². The Morgan fingerprint density at radius 3 is 2.58 bits per heavy atom. The molecule has 2 aromatic rings. The van der Waals surface area contributed by atoms with Crippen LogP contribution in [0.2, 0.25) is 0 Å². The van der Waals surface area contributed by atoms with E-state index < -0.39 is 5.92 Å². The Labute approximate surface area is 209 Å².